The minimum atomic E-state index is -0.0452. The normalized spacial score (nSPS) is 13.0. The lowest BCUT2D eigenvalue weighted by molar-refractivity contribution is 0.102. The molecule has 1 aliphatic heterocycles. The number of carbonyl (C=O) groups is 1. The van der Waals surface area contributed by atoms with Gasteiger partial charge in [0.25, 0.3) is 5.91 Å². The Morgan fingerprint density at radius 2 is 1.91 bits per heavy atom. The zero-order valence-corrected chi connectivity index (χ0v) is 13.7. The molecule has 0 aromatic heterocycles. The van der Waals surface area contributed by atoms with Crippen LogP contribution in [0, 0.1) is 13.8 Å². The van der Waals surface area contributed by atoms with Crippen molar-refractivity contribution in [2.45, 2.75) is 26.8 Å². The van der Waals surface area contributed by atoms with Crippen LogP contribution in [0.2, 0.25) is 0 Å². The molecule has 2 N–H and O–H groups in total. The molecule has 1 heterocycles. The zero-order valence-electron chi connectivity index (χ0n) is 12.9. The Morgan fingerprint density at radius 1 is 1.09 bits per heavy atom. The van der Waals surface area contributed by atoms with E-state index in [4.69, 9.17) is 0 Å². The van der Waals surface area contributed by atoms with Crippen molar-refractivity contribution in [1.29, 1.82) is 0 Å². The monoisotopic (exact) mass is 316 g/mol. The highest BCUT2D eigenvalue weighted by Gasteiger charge is 2.12. The predicted molar refractivity (Wildman–Crippen MR) is 93.0 cm³/mol. The van der Waals surface area contributed by atoms with Crippen LogP contribution < -0.4 is 10.6 Å². The predicted octanol–water partition coefficient (Wildman–Crippen LogP) is 3.62. The van der Waals surface area contributed by atoms with Gasteiger partial charge in [0, 0.05) is 17.8 Å². The molecule has 1 aliphatic rings. The number of rotatable bonds is 2. The van der Waals surface area contributed by atoms with Gasteiger partial charge in [0.2, 0.25) is 0 Å². The van der Waals surface area contributed by atoms with E-state index in [-0.39, 0.29) is 18.3 Å². The number of benzene rings is 2. The summed E-state index contributed by atoms with van der Waals surface area (Å²) in [6.07, 6.45) is 1.06. The highest BCUT2D eigenvalue weighted by atomic mass is 35.5. The van der Waals surface area contributed by atoms with Gasteiger partial charge in [-0.2, -0.15) is 0 Å². The number of anilines is 1. The number of aryl methyl sites for hydroxylation is 2. The van der Waals surface area contributed by atoms with Gasteiger partial charge in [-0.25, -0.2) is 0 Å². The molecule has 22 heavy (non-hydrogen) atoms. The molecule has 2 aromatic rings. The molecule has 0 bridgehead atoms. The first-order valence-corrected chi connectivity index (χ1v) is 7.34. The first-order valence-electron chi connectivity index (χ1n) is 7.34. The third-order valence-corrected chi connectivity index (χ3v) is 3.98. The molecule has 0 fully saturated rings. The molecule has 0 saturated heterocycles. The Labute approximate surface area is 137 Å². The van der Waals surface area contributed by atoms with Crippen LogP contribution in [-0.2, 0) is 13.0 Å². The second-order valence-electron chi connectivity index (χ2n) is 5.68. The molecule has 0 atom stereocenters. The van der Waals surface area contributed by atoms with E-state index in [1.165, 1.54) is 16.7 Å². The summed E-state index contributed by atoms with van der Waals surface area (Å²) in [5, 5.41) is 6.36. The summed E-state index contributed by atoms with van der Waals surface area (Å²) in [5.74, 6) is -0.0452. The van der Waals surface area contributed by atoms with E-state index in [1.54, 1.807) is 0 Å². The van der Waals surface area contributed by atoms with Crippen LogP contribution in [-0.4, -0.2) is 12.5 Å². The molecule has 4 heteroatoms. The minimum Gasteiger partial charge on any atom is -0.322 e. The van der Waals surface area contributed by atoms with Gasteiger partial charge in [0.15, 0.2) is 0 Å². The molecule has 1 amide bonds. The Hall–Kier alpha value is -1.84. The van der Waals surface area contributed by atoms with Gasteiger partial charge in [0.1, 0.15) is 0 Å². The molecule has 116 valence electrons. The Balaban J connectivity index is 0.00000176. The number of carbonyl (C=O) groups excluding carboxylic acids is 1. The summed E-state index contributed by atoms with van der Waals surface area (Å²) >= 11 is 0. The molecular formula is C18H21ClN2O. The standard InChI is InChI=1S/C18H20N2O.ClH/c1-12-3-6-17(13(2)9-12)18(21)20-16-5-4-14-7-8-19-11-15(14)10-16;/h3-6,9-10,19H,7-8,11H2,1-2H3,(H,20,21);1H. The van der Waals surface area contributed by atoms with Crippen LogP contribution in [0.15, 0.2) is 36.4 Å². The quantitative estimate of drug-likeness (QED) is 0.888. The number of hydrogen-bond donors (Lipinski definition) is 2. The average Bonchev–Trinajstić information content (AvgIpc) is 2.47. The van der Waals surface area contributed by atoms with E-state index < -0.39 is 0 Å². The maximum atomic E-state index is 12.4. The molecule has 0 saturated carbocycles. The van der Waals surface area contributed by atoms with Crippen molar-refractivity contribution in [2.24, 2.45) is 0 Å². The van der Waals surface area contributed by atoms with Gasteiger partial charge in [0.05, 0.1) is 0 Å². The van der Waals surface area contributed by atoms with E-state index in [9.17, 15) is 4.79 Å². The molecular weight excluding hydrogens is 296 g/mol. The van der Waals surface area contributed by atoms with Gasteiger partial charge in [-0.15, -0.1) is 12.4 Å². The van der Waals surface area contributed by atoms with Gasteiger partial charge >= 0.3 is 0 Å². The molecule has 2 aromatic carbocycles. The van der Waals surface area contributed by atoms with Crippen molar-refractivity contribution in [2.75, 3.05) is 11.9 Å². The van der Waals surface area contributed by atoms with Gasteiger partial charge in [-0.1, -0.05) is 23.8 Å². The van der Waals surface area contributed by atoms with Gasteiger partial charge in [-0.05, 0) is 61.7 Å². The SMILES string of the molecule is Cc1ccc(C(=O)Nc2ccc3c(c2)CNCC3)c(C)c1.Cl. The lowest BCUT2D eigenvalue weighted by Crippen LogP contribution is -2.23. The highest BCUT2D eigenvalue weighted by Crippen LogP contribution is 2.20. The average molecular weight is 317 g/mol. The zero-order chi connectivity index (χ0) is 14.8. The lowest BCUT2D eigenvalue weighted by atomic mass is 10.00. The van der Waals surface area contributed by atoms with E-state index in [0.717, 1.165) is 36.3 Å². The Kier molecular flexibility index (Phi) is 5.22. The molecule has 3 nitrogen and oxygen atoms in total. The number of hydrogen-bond acceptors (Lipinski definition) is 2. The summed E-state index contributed by atoms with van der Waals surface area (Å²) in [5.41, 5.74) is 6.42. The first kappa shape index (κ1) is 16.5. The second-order valence-corrected chi connectivity index (χ2v) is 5.68. The van der Waals surface area contributed by atoms with Crippen LogP contribution >= 0.6 is 12.4 Å². The summed E-state index contributed by atoms with van der Waals surface area (Å²) in [6.45, 7) is 5.91. The lowest BCUT2D eigenvalue weighted by Gasteiger charge is -2.18. The van der Waals surface area contributed by atoms with Crippen molar-refractivity contribution in [3.63, 3.8) is 0 Å². The maximum Gasteiger partial charge on any atom is 0.255 e. The topological polar surface area (TPSA) is 41.1 Å². The minimum absolute atomic E-state index is 0. The van der Waals surface area contributed by atoms with Gasteiger partial charge in [-0.3, -0.25) is 4.79 Å². The van der Waals surface area contributed by atoms with Crippen molar-refractivity contribution >= 4 is 24.0 Å². The van der Waals surface area contributed by atoms with Gasteiger partial charge < -0.3 is 10.6 Å². The van der Waals surface area contributed by atoms with Crippen molar-refractivity contribution in [3.05, 3.63) is 64.2 Å². The van der Waals surface area contributed by atoms with Crippen LogP contribution in [0.5, 0.6) is 0 Å². The van der Waals surface area contributed by atoms with Crippen LogP contribution in [0.1, 0.15) is 32.6 Å². The maximum absolute atomic E-state index is 12.4. The van der Waals surface area contributed by atoms with E-state index >= 15 is 0 Å². The summed E-state index contributed by atoms with van der Waals surface area (Å²) < 4.78 is 0. The summed E-state index contributed by atoms with van der Waals surface area (Å²) in [7, 11) is 0. The second kappa shape index (κ2) is 6.95. The molecule has 3 rings (SSSR count). The molecule has 0 spiro atoms. The third kappa shape index (κ3) is 3.49. The fraction of sp³-hybridized carbons (Fsp3) is 0.278. The van der Waals surface area contributed by atoms with E-state index in [1.807, 2.05) is 38.1 Å². The molecule has 0 aliphatic carbocycles. The van der Waals surface area contributed by atoms with E-state index in [0.29, 0.717) is 0 Å². The summed E-state index contributed by atoms with van der Waals surface area (Å²) in [6, 6.07) is 12.1. The first-order chi connectivity index (χ1) is 10.1. The number of amides is 1. The fourth-order valence-electron chi connectivity index (χ4n) is 2.83. The van der Waals surface area contributed by atoms with E-state index in [2.05, 4.69) is 22.8 Å². The Morgan fingerprint density at radius 3 is 2.68 bits per heavy atom. The van der Waals surface area contributed by atoms with Crippen LogP contribution in [0.3, 0.4) is 0 Å². The summed E-state index contributed by atoms with van der Waals surface area (Å²) in [4.78, 5) is 12.4. The van der Waals surface area contributed by atoms with Crippen molar-refractivity contribution in [3.8, 4) is 0 Å². The van der Waals surface area contributed by atoms with Crippen LogP contribution in [0.25, 0.3) is 0 Å². The Bertz CT molecular complexity index is 697. The smallest absolute Gasteiger partial charge is 0.255 e. The number of nitrogens with one attached hydrogen (secondary N) is 2. The molecule has 0 radical (unpaired) electrons. The molecule has 0 unspecified atom stereocenters. The number of halogens is 1. The largest absolute Gasteiger partial charge is 0.322 e. The van der Waals surface area contributed by atoms with Crippen molar-refractivity contribution in [1.82, 2.24) is 5.32 Å². The number of fused-ring (bicyclic) bond motifs is 1. The van der Waals surface area contributed by atoms with Crippen molar-refractivity contribution < 1.29 is 4.79 Å². The highest BCUT2D eigenvalue weighted by molar-refractivity contribution is 6.05. The third-order valence-electron chi connectivity index (χ3n) is 3.98. The van der Waals surface area contributed by atoms with Crippen LogP contribution in [0.4, 0.5) is 5.69 Å². The fourth-order valence-corrected chi connectivity index (χ4v) is 2.83.